The summed E-state index contributed by atoms with van der Waals surface area (Å²) in [6, 6.07) is 4.21. The number of ether oxygens (including phenoxy) is 1. The standard InChI is InChI=1S/C14H23N3O/c1-3-18-13-5-8-17(9-6-13)11-12-4-7-16-14(10-12)15-2/h4,7,10,13H,3,5-6,8-9,11H2,1-2H3,(H,15,16). The predicted octanol–water partition coefficient (Wildman–Crippen LogP) is 2.12. The SMILES string of the molecule is CCOC1CCN(Cc2ccnc(NC)c2)CC1. The van der Waals surface area contributed by atoms with Crippen molar-refractivity contribution in [1.29, 1.82) is 0 Å². The average molecular weight is 249 g/mol. The quantitative estimate of drug-likeness (QED) is 0.867. The smallest absolute Gasteiger partial charge is 0.125 e. The highest BCUT2D eigenvalue weighted by Gasteiger charge is 2.19. The molecule has 0 aliphatic carbocycles. The van der Waals surface area contributed by atoms with Crippen molar-refractivity contribution in [3.05, 3.63) is 23.9 Å². The molecule has 1 aromatic heterocycles. The van der Waals surface area contributed by atoms with Crippen molar-refractivity contribution < 1.29 is 4.74 Å². The molecule has 1 fully saturated rings. The predicted molar refractivity (Wildman–Crippen MR) is 73.7 cm³/mol. The van der Waals surface area contributed by atoms with Gasteiger partial charge in [0, 0.05) is 39.5 Å². The van der Waals surface area contributed by atoms with Crippen LogP contribution in [0.3, 0.4) is 0 Å². The number of nitrogens with one attached hydrogen (secondary N) is 1. The molecule has 0 spiro atoms. The molecule has 100 valence electrons. The highest BCUT2D eigenvalue weighted by atomic mass is 16.5. The van der Waals surface area contributed by atoms with Crippen LogP contribution in [-0.4, -0.2) is 42.7 Å². The first-order chi connectivity index (χ1) is 8.81. The lowest BCUT2D eigenvalue weighted by Crippen LogP contribution is -2.36. The minimum Gasteiger partial charge on any atom is -0.378 e. The van der Waals surface area contributed by atoms with Crippen LogP contribution in [0.5, 0.6) is 0 Å². The molecule has 1 saturated heterocycles. The molecule has 1 aliphatic rings. The molecule has 0 radical (unpaired) electrons. The number of likely N-dealkylation sites (tertiary alicyclic amines) is 1. The van der Waals surface area contributed by atoms with E-state index in [0.29, 0.717) is 6.10 Å². The van der Waals surface area contributed by atoms with Crippen LogP contribution in [0.4, 0.5) is 5.82 Å². The number of hydrogen-bond acceptors (Lipinski definition) is 4. The highest BCUT2D eigenvalue weighted by Crippen LogP contribution is 2.17. The van der Waals surface area contributed by atoms with Gasteiger partial charge in [0.05, 0.1) is 6.10 Å². The van der Waals surface area contributed by atoms with Crippen molar-refractivity contribution in [2.75, 3.05) is 32.1 Å². The Hall–Kier alpha value is -1.13. The van der Waals surface area contributed by atoms with Gasteiger partial charge in [-0.1, -0.05) is 0 Å². The van der Waals surface area contributed by atoms with Gasteiger partial charge in [0.1, 0.15) is 5.82 Å². The summed E-state index contributed by atoms with van der Waals surface area (Å²) in [5.41, 5.74) is 1.32. The molecule has 1 N–H and O–H groups in total. The minimum absolute atomic E-state index is 0.469. The summed E-state index contributed by atoms with van der Waals surface area (Å²) in [4.78, 5) is 6.73. The van der Waals surface area contributed by atoms with Crippen LogP contribution in [0.15, 0.2) is 18.3 Å². The fourth-order valence-corrected chi connectivity index (χ4v) is 2.44. The van der Waals surface area contributed by atoms with Gasteiger partial charge in [0.25, 0.3) is 0 Å². The fraction of sp³-hybridized carbons (Fsp3) is 0.643. The fourth-order valence-electron chi connectivity index (χ4n) is 2.44. The van der Waals surface area contributed by atoms with Crippen molar-refractivity contribution in [3.8, 4) is 0 Å². The molecule has 1 aromatic rings. The summed E-state index contributed by atoms with van der Waals surface area (Å²) >= 11 is 0. The first-order valence-electron chi connectivity index (χ1n) is 6.78. The van der Waals surface area contributed by atoms with Crippen LogP contribution in [0.1, 0.15) is 25.3 Å². The Kier molecular flexibility index (Phi) is 4.96. The van der Waals surface area contributed by atoms with Gasteiger partial charge in [0.2, 0.25) is 0 Å². The van der Waals surface area contributed by atoms with Gasteiger partial charge >= 0.3 is 0 Å². The molecule has 2 heterocycles. The monoisotopic (exact) mass is 249 g/mol. The van der Waals surface area contributed by atoms with Gasteiger partial charge in [-0.15, -0.1) is 0 Å². The Labute approximate surface area is 109 Å². The summed E-state index contributed by atoms with van der Waals surface area (Å²) in [6.07, 6.45) is 4.64. The third kappa shape index (κ3) is 3.68. The van der Waals surface area contributed by atoms with Crippen molar-refractivity contribution in [1.82, 2.24) is 9.88 Å². The van der Waals surface area contributed by atoms with Gasteiger partial charge in [0.15, 0.2) is 0 Å². The third-order valence-electron chi connectivity index (χ3n) is 3.42. The minimum atomic E-state index is 0.469. The molecule has 2 rings (SSSR count). The second-order valence-corrected chi connectivity index (χ2v) is 4.73. The lowest BCUT2D eigenvalue weighted by Gasteiger charge is -2.31. The molecule has 0 bridgehead atoms. The third-order valence-corrected chi connectivity index (χ3v) is 3.42. The molecule has 0 aromatic carbocycles. The van der Waals surface area contributed by atoms with Gasteiger partial charge in [-0.2, -0.15) is 0 Å². The summed E-state index contributed by atoms with van der Waals surface area (Å²) in [6.45, 7) is 6.17. The van der Waals surface area contributed by atoms with Crippen molar-refractivity contribution >= 4 is 5.82 Å². The van der Waals surface area contributed by atoms with Crippen LogP contribution >= 0.6 is 0 Å². The Morgan fingerprint density at radius 3 is 2.89 bits per heavy atom. The zero-order valence-electron chi connectivity index (χ0n) is 11.4. The van der Waals surface area contributed by atoms with E-state index in [9.17, 15) is 0 Å². The molecule has 0 amide bonds. The number of piperidine rings is 1. The molecule has 0 atom stereocenters. The van der Waals surface area contributed by atoms with Gasteiger partial charge in [-0.05, 0) is 37.5 Å². The Morgan fingerprint density at radius 2 is 2.22 bits per heavy atom. The lowest BCUT2D eigenvalue weighted by molar-refractivity contribution is 0.0125. The van der Waals surface area contributed by atoms with Crippen LogP contribution < -0.4 is 5.32 Å². The molecule has 4 nitrogen and oxygen atoms in total. The maximum atomic E-state index is 5.67. The summed E-state index contributed by atoms with van der Waals surface area (Å²) in [5.74, 6) is 0.941. The Balaban J connectivity index is 1.83. The topological polar surface area (TPSA) is 37.4 Å². The van der Waals surface area contributed by atoms with Gasteiger partial charge in [-0.25, -0.2) is 4.98 Å². The van der Waals surface area contributed by atoms with E-state index >= 15 is 0 Å². The van der Waals surface area contributed by atoms with E-state index in [1.54, 1.807) is 0 Å². The van der Waals surface area contributed by atoms with Crippen LogP contribution in [0, 0.1) is 0 Å². The second kappa shape index (κ2) is 6.71. The van der Waals surface area contributed by atoms with Crippen LogP contribution in [-0.2, 0) is 11.3 Å². The van der Waals surface area contributed by atoms with Crippen molar-refractivity contribution in [3.63, 3.8) is 0 Å². The first-order valence-corrected chi connectivity index (χ1v) is 6.78. The van der Waals surface area contributed by atoms with E-state index in [2.05, 4.69) is 34.3 Å². The van der Waals surface area contributed by atoms with E-state index in [0.717, 1.165) is 44.9 Å². The van der Waals surface area contributed by atoms with Gasteiger partial charge < -0.3 is 10.1 Å². The van der Waals surface area contributed by atoms with E-state index in [-0.39, 0.29) is 0 Å². The van der Waals surface area contributed by atoms with Crippen molar-refractivity contribution in [2.24, 2.45) is 0 Å². The maximum Gasteiger partial charge on any atom is 0.125 e. The number of hydrogen-bond donors (Lipinski definition) is 1. The molecule has 18 heavy (non-hydrogen) atoms. The molecule has 0 unspecified atom stereocenters. The Morgan fingerprint density at radius 1 is 1.44 bits per heavy atom. The van der Waals surface area contributed by atoms with E-state index in [1.807, 2.05) is 13.2 Å². The molecule has 1 aliphatic heterocycles. The summed E-state index contributed by atoms with van der Waals surface area (Å²) < 4.78 is 5.67. The molecular formula is C14H23N3O. The normalized spacial score (nSPS) is 17.9. The lowest BCUT2D eigenvalue weighted by atomic mass is 10.1. The molecular weight excluding hydrogens is 226 g/mol. The van der Waals surface area contributed by atoms with Crippen molar-refractivity contribution in [2.45, 2.75) is 32.4 Å². The number of aromatic nitrogens is 1. The van der Waals surface area contributed by atoms with Crippen LogP contribution in [0.25, 0.3) is 0 Å². The summed E-state index contributed by atoms with van der Waals surface area (Å²) in [7, 11) is 1.90. The second-order valence-electron chi connectivity index (χ2n) is 4.73. The van der Waals surface area contributed by atoms with E-state index < -0.39 is 0 Å². The average Bonchev–Trinajstić information content (AvgIpc) is 2.42. The number of rotatable bonds is 5. The largest absolute Gasteiger partial charge is 0.378 e. The number of nitrogens with zero attached hydrogens (tertiary/aromatic N) is 2. The number of anilines is 1. The van der Waals surface area contributed by atoms with Crippen LogP contribution in [0.2, 0.25) is 0 Å². The maximum absolute atomic E-state index is 5.67. The number of pyridine rings is 1. The summed E-state index contributed by atoms with van der Waals surface area (Å²) in [5, 5.41) is 3.08. The highest BCUT2D eigenvalue weighted by molar-refractivity contribution is 5.36. The molecule has 0 saturated carbocycles. The van der Waals surface area contributed by atoms with E-state index in [1.165, 1.54) is 5.56 Å². The first kappa shape index (κ1) is 13.3. The zero-order chi connectivity index (χ0) is 12.8. The molecule has 4 heteroatoms. The Bertz CT molecular complexity index is 362. The van der Waals surface area contributed by atoms with E-state index in [4.69, 9.17) is 4.74 Å². The van der Waals surface area contributed by atoms with Gasteiger partial charge in [-0.3, -0.25) is 4.90 Å². The zero-order valence-corrected chi connectivity index (χ0v) is 11.4.